The van der Waals surface area contributed by atoms with Crippen LogP contribution >= 0.6 is 15.9 Å². The molecule has 0 aliphatic rings. The lowest BCUT2D eigenvalue weighted by Crippen LogP contribution is -1.86. The van der Waals surface area contributed by atoms with Crippen molar-refractivity contribution in [2.24, 2.45) is 0 Å². The van der Waals surface area contributed by atoms with Gasteiger partial charge in [0, 0.05) is 16.1 Å². The molecule has 0 spiro atoms. The maximum Gasteiger partial charge on any atom is 0.235 e. The third-order valence-electron chi connectivity index (χ3n) is 1.36. The maximum atomic E-state index is 13.0. The number of hydrogen-bond acceptors (Lipinski definition) is 2. The average molecular weight is 246 g/mol. The molecule has 0 N–H and O–H groups in total. The van der Waals surface area contributed by atoms with E-state index in [4.69, 9.17) is 0 Å². The molecule has 0 aliphatic carbocycles. The standard InChI is InChI=1S/C8H5BrFNO2/c9-7-2-1-3-8(10)6(7)4-5-11(12)13/h1-5H/b5-4+. The van der Waals surface area contributed by atoms with Gasteiger partial charge < -0.3 is 0 Å². The van der Waals surface area contributed by atoms with Crippen molar-refractivity contribution in [1.29, 1.82) is 0 Å². The predicted molar refractivity (Wildman–Crippen MR) is 50.1 cm³/mol. The van der Waals surface area contributed by atoms with Crippen LogP contribution in [0.25, 0.3) is 6.08 Å². The van der Waals surface area contributed by atoms with E-state index >= 15 is 0 Å². The second-order valence-corrected chi connectivity index (χ2v) is 3.09. The van der Waals surface area contributed by atoms with Crippen LogP contribution in [-0.4, -0.2) is 4.92 Å². The van der Waals surface area contributed by atoms with Gasteiger partial charge >= 0.3 is 0 Å². The summed E-state index contributed by atoms with van der Waals surface area (Å²) in [5, 5.41) is 9.98. The molecular weight excluding hydrogens is 241 g/mol. The Morgan fingerprint density at radius 3 is 2.77 bits per heavy atom. The first-order valence-corrected chi connectivity index (χ1v) is 4.16. The first-order valence-electron chi connectivity index (χ1n) is 3.37. The van der Waals surface area contributed by atoms with Crippen LogP contribution in [0.3, 0.4) is 0 Å². The van der Waals surface area contributed by atoms with Crippen molar-refractivity contribution in [3.8, 4) is 0 Å². The number of hydrogen-bond donors (Lipinski definition) is 0. The summed E-state index contributed by atoms with van der Waals surface area (Å²) in [4.78, 5) is 9.34. The number of nitro groups is 1. The van der Waals surface area contributed by atoms with Crippen LogP contribution in [0.2, 0.25) is 0 Å². The minimum absolute atomic E-state index is 0.180. The van der Waals surface area contributed by atoms with Gasteiger partial charge in [0.05, 0.1) is 4.92 Å². The van der Waals surface area contributed by atoms with E-state index in [0.717, 1.165) is 6.08 Å². The summed E-state index contributed by atoms with van der Waals surface area (Å²) >= 11 is 3.08. The highest BCUT2D eigenvalue weighted by atomic mass is 79.9. The molecule has 0 heterocycles. The molecule has 68 valence electrons. The number of benzene rings is 1. The van der Waals surface area contributed by atoms with E-state index in [1.807, 2.05) is 0 Å². The highest BCUT2D eigenvalue weighted by Crippen LogP contribution is 2.20. The van der Waals surface area contributed by atoms with Gasteiger partial charge in [-0.05, 0) is 12.1 Å². The molecule has 0 aromatic heterocycles. The molecule has 0 saturated carbocycles. The lowest BCUT2D eigenvalue weighted by molar-refractivity contribution is -0.401. The second-order valence-electron chi connectivity index (χ2n) is 2.24. The van der Waals surface area contributed by atoms with Crippen LogP contribution in [0.1, 0.15) is 5.56 Å². The van der Waals surface area contributed by atoms with E-state index in [1.54, 1.807) is 6.07 Å². The summed E-state index contributed by atoms with van der Waals surface area (Å²) in [6.45, 7) is 0. The molecular formula is C8H5BrFNO2. The van der Waals surface area contributed by atoms with Crippen LogP contribution in [0.15, 0.2) is 28.9 Å². The van der Waals surface area contributed by atoms with Crippen molar-refractivity contribution >= 4 is 22.0 Å². The van der Waals surface area contributed by atoms with Gasteiger partial charge in [0.25, 0.3) is 0 Å². The van der Waals surface area contributed by atoms with Gasteiger partial charge in [0.15, 0.2) is 0 Å². The Hall–Kier alpha value is -1.23. The van der Waals surface area contributed by atoms with Gasteiger partial charge in [0.2, 0.25) is 6.20 Å². The molecule has 0 fully saturated rings. The van der Waals surface area contributed by atoms with Gasteiger partial charge in [-0.2, -0.15) is 0 Å². The van der Waals surface area contributed by atoms with Gasteiger partial charge in [-0.15, -0.1) is 0 Å². The smallest absolute Gasteiger partial charge is 0.235 e. The van der Waals surface area contributed by atoms with Gasteiger partial charge in [0.1, 0.15) is 5.82 Å². The molecule has 1 aromatic rings. The molecule has 0 radical (unpaired) electrons. The largest absolute Gasteiger partial charge is 0.259 e. The highest BCUT2D eigenvalue weighted by Gasteiger charge is 2.03. The van der Waals surface area contributed by atoms with Crippen molar-refractivity contribution in [3.63, 3.8) is 0 Å². The van der Waals surface area contributed by atoms with Crippen LogP contribution in [0.4, 0.5) is 4.39 Å². The van der Waals surface area contributed by atoms with E-state index in [1.165, 1.54) is 12.1 Å². The van der Waals surface area contributed by atoms with E-state index in [-0.39, 0.29) is 5.56 Å². The van der Waals surface area contributed by atoms with Gasteiger partial charge in [-0.25, -0.2) is 4.39 Å². The lowest BCUT2D eigenvalue weighted by atomic mass is 10.2. The average Bonchev–Trinajstić information content (AvgIpc) is 2.03. The van der Waals surface area contributed by atoms with Crippen molar-refractivity contribution in [2.45, 2.75) is 0 Å². The molecule has 0 bridgehead atoms. The Balaban J connectivity index is 3.06. The van der Waals surface area contributed by atoms with E-state index in [2.05, 4.69) is 15.9 Å². The molecule has 0 amide bonds. The Kier molecular flexibility index (Phi) is 3.13. The van der Waals surface area contributed by atoms with E-state index in [9.17, 15) is 14.5 Å². The molecule has 1 aromatic carbocycles. The molecule has 0 unspecified atom stereocenters. The van der Waals surface area contributed by atoms with Crippen LogP contribution in [-0.2, 0) is 0 Å². The predicted octanol–water partition coefficient (Wildman–Crippen LogP) is 2.84. The summed E-state index contributed by atoms with van der Waals surface area (Å²) < 4.78 is 13.5. The molecule has 0 saturated heterocycles. The minimum atomic E-state index is -0.640. The summed E-state index contributed by atoms with van der Waals surface area (Å²) in [5.74, 6) is -0.493. The zero-order valence-electron chi connectivity index (χ0n) is 6.41. The fraction of sp³-hybridized carbons (Fsp3) is 0. The van der Waals surface area contributed by atoms with E-state index < -0.39 is 10.7 Å². The van der Waals surface area contributed by atoms with Crippen molar-refractivity contribution < 1.29 is 9.31 Å². The number of halogens is 2. The van der Waals surface area contributed by atoms with E-state index in [0.29, 0.717) is 10.7 Å². The topological polar surface area (TPSA) is 43.1 Å². The Morgan fingerprint density at radius 2 is 2.23 bits per heavy atom. The normalized spacial score (nSPS) is 10.6. The Morgan fingerprint density at radius 1 is 1.54 bits per heavy atom. The van der Waals surface area contributed by atoms with Crippen molar-refractivity contribution in [2.75, 3.05) is 0 Å². The minimum Gasteiger partial charge on any atom is -0.259 e. The molecule has 5 heteroatoms. The van der Waals surface area contributed by atoms with Crippen LogP contribution in [0, 0.1) is 15.9 Å². The number of rotatable bonds is 2. The summed E-state index contributed by atoms with van der Waals surface area (Å²) in [7, 11) is 0. The molecule has 13 heavy (non-hydrogen) atoms. The molecule has 1 rings (SSSR count). The van der Waals surface area contributed by atoms with Crippen molar-refractivity contribution in [3.05, 3.63) is 50.4 Å². The first kappa shape index (κ1) is 9.85. The maximum absolute atomic E-state index is 13.0. The number of nitrogens with zero attached hydrogens (tertiary/aromatic N) is 1. The van der Waals surface area contributed by atoms with Crippen molar-refractivity contribution in [1.82, 2.24) is 0 Å². The third-order valence-corrected chi connectivity index (χ3v) is 2.05. The zero-order valence-corrected chi connectivity index (χ0v) is 7.99. The summed E-state index contributed by atoms with van der Waals surface area (Å²) in [6.07, 6.45) is 1.81. The monoisotopic (exact) mass is 245 g/mol. The fourth-order valence-corrected chi connectivity index (χ4v) is 1.28. The SMILES string of the molecule is O=[N+]([O-])/C=C/c1c(F)cccc1Br. The molecule has 3 nitrogen and oxygen atoms in total. The quantitative estimate of drug-likeness (QED) is 0.594. The Bertz CT molecular complexity index is 345. The summed E-state index contributed by atoms with van der Waals surface area (Å²) in [6, 6.07) is 4.37. The van der Waals surface area contributed by atoms with Crippen LogP contribution in [0.5, 0.6) is 0 Å². The van der Waals surface area contributed by atoms with Crippen LogP contribution < -0.4 is 0 Å². The third kappa shape index (κ3) is 2.62. The summed E-state index contributed by atoms with van der Waals surface area (Å²) in [5.41, 5.74) is 0.180. The van der Waals surface area contributed by atoms with Gasteiger partial charge in [-0.1, -0.05) is 22.0 Å². The zero-order chi connectivity index (χ0) is 9.84. The second kappa shape index (κ2) is 4.13. The lowest BCUT2D eigenvalue weighted by Gasteiger charge is -1.97. The fourth-order valence-electron chi connectivity index (χ4n) is 0.805. The highest BCUT2D eigenvalue weighted by molar-refractivity contribution is 9.10. The molecule has 0 aliphatic heterocycles. The molecule has 0 atom stereocenters. The van der Waals surface area contributed by atoms with Gasteiger partial charge in [-0.3, -0.25) is 10.1 Å². The first-order chi connectivity index (χ1) is 6.11. The Labute approximate surface area is 82.2 Å².